The van der Waals surface area contributed by atoms with Crippen LogP contribution < -0.4 is 0 Å². The van der Waals surface area contributed by atoms with Crippen LogP contribution in [0.3, 0.4) is 0 Å². The van der Waals surface area contributed by atoms with Gasteiger partial charge in [-0.05, 0) is 30.8 Å². The molecule has 1 rings (SSSR count). The van der Waals surface area contributed by atoms with Gasteiger partial charge in [-0.2, -0.15) is 0 Å². The lowest BCUT2D eigenvalue weighted by molar-refractivity contribution is 0.123. The lowest BCUT2D eigenvalue weighted by Gasteiger charge is -2.27. The SMILES string of the molecule is CCC1=CCCC(CC)C1O. The molecule has 0 spiro atoms. The van der Waals surface area contributed by atoms with Gasteiger partial charge in [0.2, 0.25) is 0 Å². The number of aliphatic hydroxyl groups excluding tert-OH is 1. The highest BCUT2D eigenvalue weighted by Crippen LogP contribution is 2.28. The number of hydrogen-bond donors (Lipinski definition) is 1. The summed E-state index contributed by atoms with van der Waals surface area (Å²) in [5, 5.41) is 9.76. The summed E-state index contributed by atoms with van der Waals surface area (Å²) in [6.07, 6.45) is 6.52. The minimum Gasteiger partial charge on any atom is -0.388 e. The first kappa shape index (κ1) is 8.79. The van der Waals surface area contributed by atoms with E-state index in [1.807, 2.05) is 0 Å². The Bertz CT molecular complexity index is 149. The summed E-state index contributed by atoms with van der Waals surface area (Å²) >= 11 is 0. The molecule has 1 heteroatoms. The highest BCUT2D eigenvalue weighted by molar-refractivity contribution is 5.12. The van der Waals surface area contributed by atoms with Crippen molar-refractivity contribution < 1.29 is 5.11 Å². The van der Waals surface area contributed by atoms with E-state index < -0.39 is 0 Å². The predicted molar refractivity (Wildman–Crippen MR) is 47.4 cm³/mol. The van der Waals surface area contributed by atoms with Crippen molar-refractivity contribution >= 4 is 0 Å². The Morgan fingerprint density at radius 1 is 1.55 bits per heavy atom. The summed E-state index contributed by atoms with van der Waals surface area (Å²) in [4.78, 5) is 0. The maximum atomic E-state index is 9.76. The first-order valence-electron chi connectivity index (χ1n) is 4.66. The third-order valence-electron chi connectivity index (χ3n) is 2.70. The molecule has 0 heterocycles. The molecule has 1 aliphatic rings. The Morgan fingerprint density at radius 2 is 2.27 bits per heavy atom. The molecule has 2 atom stereocenters. The molecule has 11 heavy (non-hydrogen) atoms. The van der Waals surface area contributed by atoms with E-state index in [0.29, 0.717) is 5.92 Å². The van der Waals surface area contributed by atoms with Crippen LogP contribution in [0.5, 0.6) is 0 Å². The Kier molecular flexibility index (Phi) is 3.13. The molecule has 0 saturated heterocycles. The van der Waals surface area contributed by atoms with Crippen molar-refractivity contribution in [3.05, 3.63) is 11.6 Å². The second-order valence-corrected chi connectivity index (χ2v) is 3.32. The second-order valence-electron chi connectivity index (χ2n) is 3.32. The average Bonchev–Trinajstić information content (AvgIpc) is 2.05. The van der Waals surface area contributed by atoms with E-state index in [2.05, 4.69) is 19.9 Å². The van der Waals surface area contributed by atoms with Crippen molar-refractivity contribution in [1.29, 1.82) is 0 Å². The molecule has 0 saturated carbocycles. The van der Waals surface area contributed by atoms with Gasteiger partial charge < -0.3 is 5.11 Å². The van der Waals surface area contributed by atoms with E-state index in [4.69, 9.17) is 0 Å². The maximum absolute atomic E-state index is 9.76. The van der Waals surface area contributed by atoms with Crippen LogP contribution in [0.2, 0.25) is 0 Å². The zero-order valence-corrected chi connectivity index (χ0v) is 7.51. The van der Waals surface area contributed by atoms with Gasteiger partial charge in [0.25, 0.3) is 0 Å². The molecule has 0 aromatic heterocycles. The Morgan fingerprint density at radius 3 is 2.82 bits per heavy atom. The molecule has 0 radical (unpaired) electrons. The van der Waals surface area contributed by atoms with E-state index in [1.165, 1.54) is 18.4 Å². The van der Waals surface area contributed by atoms with E-state index in [9.17, 15) is 5.11 Å². The third-order valence-corrected chi connectivity index (χ3v) is 2.70. The van der Waals surface area contributed by atoms with Gasteiger partial charge in [0.1, 0.15) is 0 Å². The number of hydrogen-bond acceptors (Lipinski definition) is 1. The first-order valence-corrected chi connectivity index (χ1v) is 4.66. The number of allylic oxidation sites excluding steroid dienone is 1. The zero-order valence-electron chi connectivity index (χ0n) is 7.51. The van der Waals surface area contributed by atoms with E-state index in [1.54, 1.807) is 0 Å². The van der Waals surface area contributed by atoms with Crippen molar-refractivity contribution in [2.24, 2.45) is 5.92 Å². The van der Waals surface area contributed by atoms with Crippen molar-refractivity contribution in [1.82, 2.24) is 0 Å². The van der Waals surface area contributed by atoms with Gasteiger partial charge in [0, 0.05) is 0 Å². The van der Waals surface area contributed by atoms with E-state index in [0.717, 1.165) is 12.8 Å². The molecule has 0 bridgehead atoms. The summed E-state index contributed by atoms with van der Waals surface area (Å²) in [5.41, 5.74) is 1.25. The number of rotatable bonds is 2. The molecular weight excluding hydrogens is 136 g/mol. The Labute approximate surface area is 69.1 Å². The summed E-state index contributed by atoms with van der Waals surface area (Å²) in [6, 6.07) is 0. The molecule has 1 nitrogen and oxygen atoms in total. The predicted octanol–water partition coefficient (Wildman–Crippen LogP) is 2.50. The van der Waals surface area contributed by atoms with Crippen LogP contribution in [0, 0.1) is 5.92 Å². The van der Waals surface area contributed by atoms with Crippen molar-refractivity contribution in [3.8, 4) is 0 Å². The van der Waals surface area contributed by atoms with Crippen molar-refractivity contribution in [2.75, 3.05) is 0 Å². The molecule has 0 aromatic rings. The van der Waals surface area contributed by atoms with Crippen LogP contribution >= 0.6 is 0 Å². The lowest BCUT2D eigenvalue weighted by atomic mass is 9.83. The smallest absolute Gasteiger partial charge is 0.0778 e. The van der Waals surface area contributed by atoms with Gasteiger partial charge in [0.15, 0.2) is 0 Å². The fourth-order valence-electron chi connectivity index (χ4n) is 1.85. The normalized spacial score (nSPS) is 31.7. The molecule has 2 unspecified atom stereocenters. The fourth-order valence-corrected chi connectivity index (χ4v) is 1.85. The van der Waals surface area contributed by atoms with E-state index in [-0.39, 0.29) is 6.10 Å². The lowest BCUT2D eigenvalue weighted by Crippen LogP contribution is -2.24. The maximum Gasteiger partial charge on any atom is 0.0778 e. The van der Waals surface area contributed by atoms with Crippen LogP contribution in [0.25, 0.3) is 0 Å². The molecule has 0 fully saturated rings. The van der Waals surface area contributed by atoms with Crippen LogP contribution in [0.4, 0.5) is 0 Å². The van der Waals surface area contributed by atoms with Gasteiger partial charge in [-0.15, -0.1) is 0 Å². The summed E-state index contributed by atoms with van der Waals surface area (Å²) in [7, 11) is 0. The quantitative estimate of drug-likeness (QED) is 0.606. The van der Waals surface area contributed by atoms with Crippen molar-refractivity contribution in [2.45, 2.75) is 45.6 Å². The molecule has 0 amide bonds. The minimum absolute atomic E-state index is 0.140. The van der Waals surface area contributed by atoms with Crippen LogP contribution in [-0.4, -0.2) is 11.2 Å². The molecule has 1 N–H and O–H groups in total. The van der Waals surface area contributed by atoms with Crippen LogP contribution in [0.1, 0.15) is 39.5 Å². The van der Waals surface area contributed by atoms with Crippen LogP contribution in [0.15, 0.2) is 11.6 Å². The highest BCUT2D eigenvalue weighted by Gasteiger charge is 2.22. The third kappa shape index (κ3) is 1.84. The van der Waals surface area contributed by atoms with E-state index >= 15 is 0 Å². The van der Waals surface area contributed by atoms with Gasteiger partial charge in [-0.3, -0.25) is 0 Å². The first-order chi connectivity index (χ1) is 5.29. The largest absolute Gasteiger partial charge is 0.388 e. The molecule has 0 aromatic carbocycles. The van der Waals surface area contributed by atoms with Gasteiger partial charge in [0.05, 0.1) is 6.10 Å². The number of aliphatic hydroxyl groups is 1. The van der Waals surface area contributed by atoms with Gasteiger partial charge in [-0.25, -0.2) is 0 Å². The molecule has 1 aliphatic carbocycles. The van der Waals surface area contributed by atoms with Crippen molar-refractivity contribution in [3.63, 3.8) is 0 Å². The van der Waals surface area contributed by atoms with Gasteiger partial charge >= 0.3 is 0 Å². The van der Waals surface area contributed by atoms with Gasteiger partial charge in [-0.1, -0.05) is 26.3 Å². The minimum atomic E-state index is -0.140. The average molecular weight is 154 g/mol. The summed E-state index contributed by atoms with van der Waals surface area (Å²) in [5.74, 6) is 0.523. The standard InChI is InChI=1S/C10H18O/c1-3-8-6-5-7-9(4-2)10(8)11/h6,9-11H,3-5,7H2,1-2H3. The Balaban J connectivity index is 2.60. The molecule has 64 valence electrons. The van der Waals surface area contributed by atoms with Crippen LogP contribution in [-0.2, 0) is 0 Å². The molecule has 0 aliphatic heterocycles. The Hall–Kier alpha value is -0.300. The summed E-state index contributed by atoms with van der Waals surface area (Å²) < 4.78 is 0. The molecular formula is C10H18O. The zero-order chi connectivity index (χ0) is 8.27. The topological polar surface area (TPSA) is 20.2 Å². The monoisotopic (exact) mass is 154 g/mol. The highest BCUT2D eigenvalue weighted by atomic mass is 16.3. The summed E-state index contributed by atoms with van der Waals surface area (Å²) in [6.45, 7) is 4.28. The second kappa shape index (κ2) is 3.91. The fraction of sp³-hybridized carbons (Fsp3) is 0.800.